The second-order valence-electron chi connectivity index (χ2n) is 4.97. The van der Waals surface area contributed by atoms with Crippen molar-refractivity contribution in [3.8, 4) is 0 Å². The summed E-state index contributed by atoms with van der Waals surface area (Å²) in [6.07, 6.45) is 8.67. The van der Waals surface area contributed by atoms with Crippen LogP contribution in [0, 0.1) is 6.92 Å². The van der Waals surface area contributed by atoms with Crippen LogP contribution in [0.3, 0.4) is 0 Å². The molecule has 0 aliphatic heterocycles. The molecule has 0 atom stereocenters. The van der Waals surface area contributed by atoms with Gasteiger partial charge in [-0.25, -0.2) is 4.98 Å². The van der Waals surface area contributed by atoms with Gasteiger partial charge in [0.15, 0.2) is 0 Å². The highest BCUT2D eigenvalue weighted by molar-refractivity contribution is 5.01. The topological polar surface area (TPSA) is 40.7 Å². The fourth-order valence-corrected chi connectivity index (χ4v) is 2.38. The van der Waals surface area contributed by atoms with E-state index in [1.165, 1.54) is 37.8 Å². The van der Waals surface area contributed by atoms with Gasteiger partial charge in [-0.15, -0.1) is 0 Å². The van der Waals surface area contributed by atoms with Gasteiger partial charge in [0.05, 0.1) is 0 Å². The number of hydrogen-bond donors (Lipinski definition) is 2. The fourth-order valence-electron chi connectivity index (χ4n) is 2.38. The lowest BCUT2D eigenvalue weighted by Gasteiger charge is -2.34. The molecule has 0 spiro atoms. The Morgan fingerprint density at radius 1 is 1.40 bits per heavy atom. The van der Waals surface area contributed by atoms with Gasteiger partial charge in [0, 0.05) is 24.0 Å². The van der Waals surface area contributed by atoms with Crippen molar-refractivity contribution in [2.45, 2.75) is 58.0 Å². The van der Waals surface area contributed by atoms with Crippen LogP contribution in [0.2, 0.25) is 0 Å². The van der Waals surface area contributed by atoms with Crippen LogP contribution in [0.4, 0.5) is 0 Å². The lowest BCUT2D eigenvalue weighted by Crippen LogP contribution is -2.43. The maximum atomic E-state index is 4.21. The van der Waals surface area contributed by atoms with E-state index < -0.39 is 0 Å². The average Bonchev–Trinajstić information content (AvgIpc) is 2.63. The first-order chi connectivity index (χ1) is 7.18. The number of nitrogens with one attached hydrogen (secondary N) is 2. The lowest BCUT2D eigenvalue weighted by molar-refractivity contribution is 0.251. The Morgan fingerprint density at radius 2 is 2.13 bits per heavy atom. The Hall–Kier alpha value is -0.830. The molecule has 1 aromatic rings. The zero-order valence-corrected chi connectivity index (χ0v) is 9.77. The number of aromatic nitrogens is 2. The van der Waals surface area contributed by atoms with Gasteiger partial charge in [0.25, 0.3) is 0 Å². The minimum Gasteiger partial charge on any atom is -0.345 e. The average molecular weight is 207 g/mol. The monoisotopic (exact) mass is 207 g/mol. The predicted molar refractivity (Wildman–Crippen MR) is 61.7 cm³/mol. The second kappa shape index (κ2) is 4.35. The van der Waals surface area contributed by atoms with E-state index in [2.05, 4.69) is 22.2 Å². The summed E-state index contributed by atoms with van der Waals surface area (Å²) in [5.41, 5.74) is 1.54. The van der Waals surface area contributed by atoms with Gasteiger partial charge in [-0.1, -0.05) is 19.3 Å². The summed E-state index contributed by atoms with van der Waals surface area (Å²) < 4.78 is 0. The van der Waals surface area contributed by atoms with Crippen molar-refractivity contribution in [3.05, 3.63) is 17.7 Å². The molecule has 3 nitrogen and oxygen atoms in total. The SMILES string of the molecule is Cc1ncc(CNC2(C)CCCCC2)[nH]1. The van der Waals surface area contributed by atoms with E-state index in [1.54, 1.807) is 0 Å². The Kier molecular flexibility index (Phi) is 3.10. The van der Waals surface area contributed by atoms with Gasteiger partial charge in [0.2, 0.25) is 0 Å². The van der Waals surface area contributed by atoms with Gasteiger partial charge in [-0.2, -0.15) is 0 Å². The molecule has 0 radical (unpaired) electrons. The van der Waals surface area contributed by atoms with Crippen LogP contribution < -0.4 is 5.32 Å². The van der Waals surface area contributed by atoms with E-state index in [0.717, 1.165) is 12.4 Å². The molecule has 0 amide bonds. The van der Waals surface area contributed by atoms with Crippen LogP contribution in [-0.2, 0) is 6.54 Å². The molecular weight excluding hydrogens is 186 g/mol. The van der Waals surface area contributed by atoms with Gasteiger partial charge in [0.1, 0.15) is 5.82 Å². The molecule has 2 rings (SSSR count). The standard InChI is InChI=1S/C12H21N3/c1-10-13-8-11(15-10)9-14-12(2)6-4-3-5-7-12/h8,14H,3-7,9H2,1-2H3,(H,13,15). The van der Waals surface area contributed by atoms with E-state index in [1.807, 2.05) is 13.1 Å². The molecule has 0 bridgehead atoms. The largest absolute Gasteiger partial charge is 0.345 e. The Bertz CT molecular complexity index is 310. The van der Waals surface area contributed by atoms with Gasteiger partial charge >= 0.3 is 0 Å². The van der Waals surface area contributed by atoms with Crippen molar-refractivity contribution >= 4 is 0 Å². The summed E-state index contributed by atoms with van der Waals surface area (Å²) in [7, 11) is 0. The molecular formula is C12H21N3. The first-order valence-corrected chi connectivity index (χ1v) is 5.93. The van der Waals surface area contributed by atoms with Crippen molar-refractivity contribution in [2.24, 2.45) is 0 Å². The third kappa shape index (κ3) is 2.81. The van der Waals surface area contributed by atoms with Crippen molar-refractivity contribution in [2.75, 3.05) is 0 Å². The fraction of sp³-hybridized carbons (Fsp3) is 0.750. The zero-order valence-electron chi connectivity index (χ0n) is 9.77. The lowest BCUT2D eigenvalue weighted by atomic mass is 9.83. The second-order valence-corrected chi connectivity index (χ2v) is 4.97. The van der Waals surface area contributed by atoms with Crippen LogP contribution in [0.1, 0.15) is 50.5 Å². The minimum atomic E-state index is 0.345. The molecule has 0 aromatic carbocycles. The van der Waals surface area contributed by atoms with Gasteiger partial charge in [-0.3, -0.25) is 0 Å². The number of nitrogens with zero attached hydrogens (tertiary/aromatic N) is 1. The summed E-state index contributed by atoms with van der Waals surface area (Å²) in [6, 6.07) is 0. The highest BCUT2D eigenvalue weighted by atomic mass is 15.0. The maximum absolute atomic E-state index is 4.21. The summed E-state index contributed by atoms with van der Waals surface area (Å²) in [5.74, 6) is 1.00. The highest BCUT2D eigenvalue weighted by Gasteiger charge is 2.25. The molecule has 3 heteroatoms. The van der Waals surface area contributed by atoms with Crippen LogP contribution in [-0.4, -0.2) is 15.5 Å². The van der Waals surface area contributed by atoms with Gasteiger partial charge < -0.3 is 10.3 Å². The van der Waals surface area contributed by atoms with Gasteiger partial charge in [-0.05, 0) is 26.7 Å². The van der Waals surface area contributed by atoms with Crippen molar-refractivity contribution in [1.82, 2.24) is 15.3 Å². The first kappa shape index (κ1) is 10.7. The molecule has 0 saturated heterocycles. The summed E-state index contributed by atoms with van der Waals surface area (Å²) in [5, 5.41) is 3.66. The smallest absolute Gasteiger partial charge is 0.103 e. The number of hydrogen-bond acceptors (Lipinski definition) is 2. The Balaban J connectivity index is 1.86. The van der Waals surface area contributed by atoms with E-state index in [-0.39, 0.29) is 0 Å². The summed E-state index contributed by atoms with van der Waals surface area (Å²) in [4.78, 5) is 7.47. The van der Waals surface area contributed by atoms with Crippen LogP contribution in [0.5, 0.6) is 0 Å². The molecule has 1 fully saturated rings. The minimum absolute atomic E-state index is 0.345. The van der Waals surface area contributed by atoms with Crippen molar-refractivity contribution in [1.29, 1.82) is 0 Å². The number of rotatable bonds is 3. The number of H-pyrrole nitrogens is 1. The van der Waals surface area contributed by atoms with Crippen molar-refractivity contribution < 1.29 is 0 Å². The van der Waals surface area contributed by atoms with Crippen LogP contribution >= 0.6 is 0 Å². The maximum Gasteiger partial charge on any atom is 0.103 e. The number of aromatic amines is 1. The van der Waals surface area contributed by atoms with E-state index in [4.69, 9.17) is 0 Å². The molecule has 15 heavy (non-hydrogen) atoms. The summed E-state index contributed by atoms with van der Waals surface area (Å²) >= 11 is 0. The molecule has 1 saturated carbocycles. The highest BCUT2D eigenvalue weighted by Crippen LogP contribution is 2.27. The molecule has 1 aromatic heterocycles. The van der Waals surface area contributed by atoms with Crippen LogP contribution in [0.15, 0.2) is 6.20 Å². The molecule has 84 valence electrons. The predicted octanol–water partition coefficient (Wildman–Crippen LogP) is 2.53. The molecule has 1 heterocycles. The van der Waals surface area contributed by atoms with Crippen LogP contribution in [0.25, 0.3) is 0 Å². The molecule has 1 aliphatic rings. The third-order valence-electron chi connectivity index (χ3n) is 3.42. The zero-order chi connectivity index (χ0) is 10.7. The Morgan fingerprint density at radius 3 is 2.73 bits per heavy atom. The van der Waals surface area contributed by atoms with Crippen molar-refractivity contribution in [3.63, 3.8) is 0 Å². The quantitative estimate of drug-likeness (QED) is 0.799. The normalized spacial score (nSPS) is 20.4. The van der Waals surface area contributed by atoms with E-state index in [9.17, 15) is 0 Å². The number of aryl methyl sites for hydroxylation is 1. The number of imidazole rings is 1. The molecule has 2 N–H and O–H groups in total. The summed E-state index contributed by atoms with van der Waals surface area (Å²) in [6.45, 7) is 5.25. The van der Waals surface area contributed by atoms with E-state index >= 15 is 0 Å². The molecule has 0 unspecified atom stereocenters. The first-order valence-electron chi connectivity index (χ1n) is 5.93. The van der Waals surface area contributed by atoms with E-state index in [0.29, 0.717) is 5.54 Å². The molecule has 1 aliphatic carbocycles. The third-order valence-corrected chi connectivity index (χ3v) is 3.42. The Labute approximate surface area is 91.7 Å².